The molecule has 0 unspecified atom stereocenters. The summed E-state index contributed by atoms with van der Waals surface area (Å²) in [5.41, 5.74) is 7.61. The van der Waals surface area contributed by atoms with Crippen LogP contribution >= 0.6 is 0 Å². The van der Waals surface area contributed by atoms with E-state index in [0.717, 1.165) is 41.0 Å². The van der Waals surface area contributed by atoms with Gasteiger partial charge in [0, 0.05) is 11.6 Å². The van der Waals surface area contributed by atoms with Crippen LogP contribution in [0.3, 0.4) is 0 Å². The fourth-order valence-corrected chi connectivity index (χ4v) is 3.63. The number of hydrogen-bond acceptors (Lipinski definition) is 4. The van der Waals surface area contributed by atoms with Crippen molar-refractivity contribution in [3.05, 3.63) is 52.5 Å². The van der Waals surface area contributed by atoms with Crippen molar-refractivity contribution in [1.82, 2.24) is 14.6 Å². The molecular weight excluding hydrogens is 326 g/mol. The molecule has 134 valence electrons. The highest BCUT2D eigenvalue weighted by atomic mass is 16.5. The van der Waals surface area contributed by atoms with Crippen molar-refractivity contribution in [2.24, 2.45) is 0 Å². The van der Waals surface area contributed by atoms with Gasteiger partial charge in [-0.25, -0.2) is 14.3 Å². The molecule has 1 saturated carbocycles. The normalized spacial score (nSPS) is 14.0. The monoisotopic (exact) mass is 349 g/mol. The molecule has 0 N–H and O–H groups in total. The van der Waals surface area contributed by atoms with E-state index in [1.54, 1.807) is 0 Å². The maximum absolute atomic E-state index is 12.4. The summed E-state index contributed by atoms with van der Waals surface area (Å²) in [5.74, 6) is 0.0713. The average Bonchev–Trinajstić information content (AvgIpc) is 3.39. The zero-order valence-electron chi connectivity index (χ0n) is 15.7. The lowest BCUT2D eigenvalue weighted by Gasteiger charge is -2.11. The van der Waals surface area contributed by atoms with Gasteiger partial charge in [0.15, 0.2) is 11.3 Å². The highest BCUT2D eigenvalue weighted by Crippen LogP contribution is 2.42. The molecule has 5 heteroatoms. The highest BCUT2D eigenvalue weighted by molar-refractivity contribution is 5.90. The Morgan fingerprint density at radius 1 is 1.19 bits per heavy atom. The average molecular weight is 349 g/mol. The molecule has 0 spiro atoms. The molecular formula is C21H23N3O2. The zero-order chi connectivity index (χ0) is 18.4. The van der Waals surface area contributed by atoms with E-state index in [1.807, 2.05) is 24.4 Å². The number of benzene rings is 1. The van der Waals surface area contributed by atoms with Gasteiger partial charge in [-0.05, 0) is 63.3 Å². The molecule has 2 aromatic heterocycles. The van der Waals surface area contributed by atoms with Gasteiger partial charge in [-0.1, -0.05) is 18.2 Å². The number of fused-ring (bicyclic) bond motifs is 1. The van der Waals surface area contributed by atoms with Crippen molar-refractivity contribution in [3.63, 3.8) is 0 Å². The van der Waals surface area contributed by atoms with Gasteiger partial charge in [-0.2, -0.15) is 5.10 Å². The topological polar surface area (TPSA) is 56.5 Å². The van der Waals surface area contributed by atoms with Gasteiger partial charge in [-0.3, -0.25) is 0 Å². The first kappa shape index (κ1) is 16.8. The summed E-state index contributed by atoms with van der Waals surface area (Å²) in [5, 5.41) is 4.78. The van der Waals surface area contributed by atoms with Crippen LogP contribution < -0.4 is 0 Å². The SMILES string of the molecule is CCOC(=O)c1cc(C2CC2)n2nc(C)c(-c3c(C)cccc3C)c2n1. The van der Waals surface area contributed by atoms with Crippen LogP contribution in [0.4, 0.5) is 0 Å². The molecule has 0 aliphatic heterocycles. The van der Waals surface area contributed by atoms with Gasteiger partial charge in [0.1, 0.15) is 0 Å². The minimum absolute atomic E-state index is 0.340. The van der Waals surface area contributed by atoms with Crippen LogP contribution in [0.1, 0.15) is 58.7 Å². The van der Waals surface area contributed by atoms with Gasteiger partial charge in [0.2, 0.25) is 0 Å². The number of carbonyl (C=O) groups is 1. The molecule has 0 atom stereocenters. The predicted molar refractivity (Wildman–Crippen MR) is 101 cm³/mol. The van der Waals surface area contributed by atoms with Gasteiger partial charge < -0.3 is 4.74 Å². The maximum atomic E-state index is 12.4. The molecule has 1 aliphatic carbocycles. The summed E-state index contributed by atoms with van der Waals surface area (Å²) in [6.45, 7) is 8.36. The molecule has 2 heterocycles. The molecule has 0 bridgehead atoms. The fraction of sp³-hybridized carbons (Fsp3) is 0.381. The van der Waals surface area contributed by atoms with Crippen LogP contribution in [0.25, 0.3) is 16.8 Å². The molecule has 3 aromatic rings. The number of aromatic nitrogens is 3. The van der Waals surface area contributed by atoms with E-state index in [0.29, 0.717) is 18.2 Å². The van der Waals surface area contributed by atoms with Crippen molar-refractivity contribution >= 4 is 11.6 Å². The van der Waals surface area contributed by atoms with E-state index < -0.39 is 0 Å². The lowest BCUT2D eigenvalue weighted by molar-refractivity contribution is 0.0519. The molecule has 1 aliphatic rings. The fourth-order valence-electron chi connectivity index (χ4n) is 3.63. The number of rotatable bonds is 4. The van der Waals surface area contributed by atoms with Gasteiger partial charge in [-0.15, -0.1) is 0 Å². The third-order valence-electron chi connectivity index (χ3n) is 5.00. The van der Waals surface area contributed by atoms with Gasteiger partial charge in [0.05, 0.1) is 17.9 Å². The number of hydrogen-bond donors (Lipinski definition) is 0. The molecule has 1 fully saturated rings. The third kappa shape index (κ3) is 2.68. The quantitative estimate of drug-likeness (QED) is 0.656. The molecule has 5 nitrogen and oxygen atoms in total. The molecule has 26 heavy (non-hydrogen) atoms. The summed E-state index contributed by atoms with van der Waals surface area (Å²) >= 11 is 0. The van der Waals surface area contributed by atoms with Crippen LogP contribution in [0, 0.1) is 20.8 Å². The Morgan fingerprint density at radius 3 is 2.50 bits per heavy atom. The summed E-state index contributed by atoms with van der Waals surface area (Å²) in [4.78, 5) is 17.0. The van der Waals surface area contributed by atoms with Crippen LogP contribution in [0.15, 0.2) is 24.3 Å². The van der Waals surface area contributed by atoms with Crippen molar-refractivity contribution in [1.29, 1.82) is 0 Å². The van der Waals surface area contributed by atoms with Gasteiger partial charge in [0.25, 0.3) is 0 Å². The van der Waals surface area contributed by atoms with E-state index in [2.05, 4.69) is 37.0 Å². The minimum Gasteiger partial charge on any atom is -0.461 e. The Hall–Kier alpha value is -2.69. The summed E-state index contributed by atoms with van der Waals surface area (Å²) in [7, 11) is 0. The zero-order valence-corrected chi connectivity index (χ0v) is 15.7. The Kier molecular flexibility index (Phi) is 4.02. The van der Waals surface area contributed by atoms with Crippen LogP contribution in [-0.4, -0.2) is 27.2 Å². The third-order valence-corrected chi connectivity index (χ3v) is 5.00. The molecule has 0 amide bonds. The number of ether oxygens (including phenoxy) is 1. The number of aryl methyl sites for hydroxylation is 3. The number of esters is 1. The molecule has 4 rings (SSSR count). The first-order valence-electron chi connectivity index (χ1n) is 9.15. The molecule has 0 saturated heterocycles. The lowest BCUT2D eigenvalue weighted by atomic mass is 9.96. The Labute approximate surface area is 153 Å². The summed E-state index contributed by atoms with van der Waals surface area (Å²) < 4.78 is 7.13. The second-order valence-electron chi connectivity index (χ2n) is 7.02. The first-order valence-corrected chi connectivity index (χ1v) is 9.15. The van der Waals surface area contributed by atoms with Crippen LogP contribution in [0.5, 0.6) is 0 Å². The first-order chi connectivity index (χ1) is 12.5. The predicted octanol–water partition coefficient (Wildman–Crippen LogP) is 4.38. The van der Waals surface area contributed by atoms with Crippen molar-refractivity contribution in [2.75, 3.05) is 6.61 Å². The largest absolute Gasteiger partial charge is 0.461 e. The maximum Gasteiger partial charge on any atom is 0.357 e. The molecule has 1 aromatic carbocycles. The van der Waals surface area contributed by atoms with E-state index in [1.165, 1.54) is 11.1 Å². The van der Waals surface area contributed by atoms with Crippen molar-refractivity contribution < 1.29 is 9.53 Å². The Balaban J connectivity index is 2.02. The second-order valence-corrected chi connectivity index (χ2v) is 7.02. The lowest BCUT2D eigenvalue weighted by Crippen LogP contribution is -2.11. The second kappa shape index (κ2) is 6.24. The van der Waals surface area contributed by atoms with Crippen LogP contribution in [-0.2, 0) is 4.74 Å². The number of nitrogens with zero attached hydrogens (tertiary/aromatic N) is 3. The Morgan fingerprint density at radius 2 is 1.88 bits per heavy atom. The van der Waals surface area contributed by atoms with Crippen LogP contribution in [0.2, 0.25) is 0 Å². The van der Waals surface area contributed by atoms with Crippen molar-refractivity contribution in [3.8, 4) is 11.1 Å². The van der Waals surface area contributed by atoms with Gasteiger partial charge >= 0.3 is 5.97 Å². The van der Waals surface area contributed by atoms with E-state index in [9.17, 15) is 4.79 Å². The summed E-state index contributed by atoms with van der Waals surface area (Å²) in [6.07, 6.45) is 2.25. The van der Waals surface area contributed by atoms with E-state index >= 15 is 0 Å². The van der Waals surface area contributed by atoms with E-state index in [4.69, 9.17) is 9.84 Å². The number of carbonyl (C=O) groups excluding carboxylic acids is 1. The smallest absolute Gasteiger partial charge is 0.357 e. The highest BCUT2D eigenvalue weighted by Gasteiger charge is 2.30. The molecule has 0 radical (unpaired) electrons. The Bertz CT molecular complexity index is 996. The van der Waals surface area contributed by atoms with E-state index in [-0.39, 0.29) is 5.97 Å². The minimum atomic E-state index is -0.372. The van der Waals surface area contributed by atoms with Crippen molar-refractivity contribution in [2.45, 2.75) is 46.5 Å². The standard InChI is InChI=1S/C21H23N3O2/c1-5-26-21(25)16-11-17(15-9-10-15)24-20(22-16)19(14(4)23-24)18-12(2)7-6-8-13(18)3/h6-8,11,15H,5,9-10H2,1-4H3. The summed E-state index contributed by atoms with van der Waals surface area (Å²) in [6, 6.07) is 8.11.